The quantitative estimate of drug-likeness (QED) is 0.312. The number of guanidine groups is 1. The smallest absolute Gasteiger partial charge is 0.191 e. The first-order valence-electron chi connectivity index (χ1n) is 8.37. The Balaban J connectivity index is 0.00000261. The number of rotatable bonds is 6. The van der Waals surface area contributed by atoms with Gasteiger partial charge in [-0.3, -0.25) is 9.56 Å². The van der Waals surface area contributed by atoms with Gasteiger partial charge in [-0.1, -0.05) is 23.7 Å². The van der Waals surface area contributed by atoms with Crippen LogP contribution in [0.5, 0.6) is 0 Å². The minimum atomic E-state index is 0. The molecule has 8 heteroatoms. The monoisotopic (exact) mass is 496 g/mol. The molecule has 0 saturated carbocycles. The summed E-state index contributed by atoms with van der Waals surface area (Å²) in [5.41, 5.74) is 2.31. The second-order valence-corrected chi connectivity index (χ2v) is 6.16. The van der Waals surface area contributed by atoms with Gasteiger partial charge in [-0.05, 0) is 41.8 Å². The van der Waals surface area contributed by atoms with Crippen LogP contribution in [0.25, 0.3) is 5.82 Å². The van der Waals surface area contributed by atoms with Crippen LogP contribution in [0.15, 0.2) is 66.3 Å². The third-order valence-corrected chi connectivity index (χ3v) is 4.09. The summed E-state index contributed by atoms with van der Waals surface area (Å²) in [5, 5.41) is 7.39. The molecule has 3 aromatic rings. The molecule has 2 aromatic heterocycles. The molecule has 6 nitrogen and oxygen atoms in total. The average Bonchev–Trinajstić information content (AvgIpc) is 3.20. The van der Waals surface area contributed by atoms with Gasteiger partial charge in [0.15, 0.2) is 5.96 Å². The highest BCUT2D eigenvalue weighted by molar-refractivity contribution is 14.0. The number of halogens is 2. The van der Waals surface area contributed by atoms with Crippen molar-refractivity contribution in [1.82, 2.24) is 25.2 Å². The fourth-order valence-electron chi connectivity index (χ4n) is 2.53. The van der Waals surface area contributed by atoms with E-state index >= 15 is 0 Å². The van der Waals surface area contributed by atoms with Gasteiger partial charge in [0.25, 0.3) is 0 Å². The Labute approximate surface area is 181 Å². The van der Waals surface area contributed by atoms with E-state index < -0.39 is 0 Å². The maximum atomic E-state index is 6.01. The predicted molar refractivity (Wildman–Crippen MR) is 120 cm³/mol. The standard InChI is InChI=1S/C19H21ClN6.HI/c1-21-19(24-8-5-15-3-2-4-17(20)11-15)25-13-16-6-7-23-18(12-16)26-10-9-22-14-26;/h2-4,6-7,9-12,14H,5,8,13H2,1H3,(H2,21,24,25);1H. The van der Waals surface area contributed by atoms with E-state index in [9.17, 15) is 0 Å². The molecular weight excluding hydrogens is 475 g/mol. The van der Waals surface area contributed by atoms with E-state index in [-0.39, 0.29) is 24.0 Å². The molecule has 0 unspecified atom stereocenters. The lowest BCUT2D eigenvalue weighted by Crippen LogP contribution is -2.37. The van der Waals surface area contributed by atoms with Crippen LogP contribution in [-0.2, 0) is 13.0 Å². The van der Waals surface area contributed by atoms with E-state index in [1.165, 1.54) is 5.56 Å². The maximum absolute atomic E-state index is 6.01. The summed E-state index contributed by atoms with van der Waals surface area (Å²) < 4.78 is 1.88. The van der Waals surface area contributed by atoms with E-state index in [1.807, 2.05) is 41.1 Å². The fourth-order valence-corrected chi connectivity index (χ4v) is 2.74. The molecule has 0 saturated heterocycles. The van der Waals surface area contributed by atoms with Crippen LogP contribution in [0.3, 0.4) is 0 Å². The number of hydrogen-bond acceptors (Lipinski definition) is 3. The van der Waals surface area contributed by atoms with Crippen LogP contribution in [0.4, 0.5) is 0 Å². The number of hydrogen-bond donors (Lipinski definition) is 2. The van der Waals surface area contributed by atoms with Gasteiger partial charge in [0.1, 0.15) is 12.1 Å². The van der Waals surface area contributed by atoms with Crippen molar-refractivity contribution in [3.63, 3.8) is 0 Å². The SMILES string of the molecule is CN=C(NCCc1cccc(Cl)c1)NCc1ccnc(-n2ccnc2)c1.I. The molecule has 2 heterocycles. The molecule has 0 aliphatic rings. The number of pyridine rings is 1. The summed E-state index contributed by atoms with van der Waals surface area (Å²) in [6, 6.07) is 11.9. The largest absolute Gasteiger partial charge is 0.356 e. The molecule has 27 heavy (non-hydrogen) atoms. The first-order valence-corrected chi connectivity index (χ1v) is 8.74. The van der Waals surface area contributed by atoms with Crippen LogP contribution in [0.2, 0.25) is 5.02 Å². The lowest BCUT2D eigenvalue weighted by molar-refractivity contribution is 0.793. The highest BCUT2D eigenvalue weighted by Crippen LogP contribution is 2.10. The molecule has 2 N–H and O–H groups in total. The fraction of sp³-hybridized carbons (Fsp3) is 0.211. The Bertz CT molecular complexity index is 866. The summed E-state index contributed by atoms with van der Waals surface area (Å²) >= 11 is 6.01. The molecule has 0 spiro atoms. The van der Waals surface area contributed by atoms with E-state index in [2.05, 4.69) is 31.7 Å². The van der Waals surface area contributed by atoms with E-state index in [1.54, 1.807) is 25.8 Å². The van der Waals surface area contributed by atoms with Gasteiger partial charge in [0.05, 0.1) is 0 Å². The van der Waals surface area contributed by atoms with Gasteiger partial charge in [-0.2, -0.15) is 0 Å². The van der Waals surface area contributed by atoms with Gasteiger partial charge in [0.2, 0.25) is 0 Å². The number of nitrogens with zero attached hydrogens (tertiary/aromatic N) is 4. The molecule has 0 fully saturated rings. The zero-order chi connectivity index (χ0) is 18.2. The summed E-state index contributed by atoms with van der Waals surface area (Å²) in [6.07, 6.45) is 8.01. The molecule has 3 rings (SSSR count). The Hall–Kier alpha value is -2.13. The van der Waals surface area contributed by atoms with Crippen molar-refractivity contribution in [3.8, 4) is 5.82 Å². The maximum Gasteiger partial charge on any atom is 0.191 e. The molecule has 0 bridgehead atoms. The average molecular weight is 497 g/mol. The van der Waals surface area contributed by atoms with Crippen LogP contribution in [-0.4, -0.2) is 34.1 Å². The summed E-state index contributed by atoms with van der Waals surface area (Å²) in [4.78, 5) is 12.7. The Morgan fingerprint density at radius 1 is 1.15 bits per heavy atom. The lowest BCUT2D eigenvalue weighted by atomic mass is 10.1. The van der Waals surface area contributed by atoms with Gasteiger partial charge in [-0.25, -0.2) is 9.97 Å². The third kappa shape index (κ3) is 6.51. The second-order valence-electron chi connectivity index (χ2n) is 5.72. The highest BCUT2D eigenvalue weighted by atomic mass is 127. The normalized spacial score (nSPS) is 11.0. The molecule has 0 aliphatic heterocycles. The van der Waals surface area contributed by atoms with Crippen molar-refractivity contribution in [2.45, 2.75) is 13.0 Å². The molecule has 1 aromatic carbocycles. The van der Waals surface area contributed by atoms with Crippen molar-refractivity contribution in [2.24, 2.45) is 4.99 Å². The summed E-state index contributed by atoms with van der Waals surface area (Å²) in [6.45, 7) is 1.43. The second kappa shape index (κ2) is 10.9. The number of aliphatic imine (C=N–C) groups is 1. The zero-order valence-corrected chi connectivity index (χ0v) is 18.1. The highest BCUT2D eigenvalue weighted by Gasteiger charge is 2.02. The van der Waals surface area contributed by atoms with Crippen LogP contribution in [0, 0.1) is 0 Å². The zero-order valence-electron chi connectivity index (χ0n) is 15.0. The number of aromatic nitrogens is 3. The Morgan fingerprint density at radius 3 is 2.78 bits per heavy atom. The van der Waals surface area contributed by atoms with Gasteiger partial charge in [0, 0.05) is 43.8 Å². The molecule has 0 radical (unpaired) electrons. The van der Waals surface area contributed by atoms with Crippen LogP contribution >= 0.6 is 35.6 Å². The molecule has 142 valence electrons. The van der Waals surface area contributed by atoms with E-state index in [0.29, 0.717) is 6.54 Å². The minimum absolute atomic E-state index is 0. The van der Waals surface area contributed by atoms with Crippen LogP contribution in [0.1, 0.15) is 11.1 Å². The van der Waals surface area contributed by atoms with Crippen molar-refractivity contribution in [1.29, 1.82) is 0 Å². The van der Waals surface area contributed by atoms with Crippen molar-refractivity contribution in [2.75, 3.05) is 13.6 Å². The van der Waals surface area contributed by atoms with Gasteiger partial charge in [-0.15, -0.1) is 24.0 Å². The van der Waals surface area contributed by atoms with Gasteiger partial charge < -0.3 is 10.6 Å². The number of imidazole rings is 1. The molecule has 0 atom stereocenters. The summed E-state index contributed by atoms with van der Waals surface area (Å²) in [5.74, 6) is 1.60. The number of nitrogens with one attached hydrogen (secondary N) is 2. The number of benzene rings is 1. The Kier molecular flexibility index (Phi) is 8.53. The molecule has 0 amide bonds. The van der Waals surface area contributed by atoms with Crippen LogP contribution < -0.4 is 10.6 Å². The molecule has 0 aliphatic carbocycles. The predicted octanol–water partition coefficient (Wildman–Crippen LogP) is 3.45. The first-order chi connectivity index (χ1) is 12.7. The third-order valence-electron chi connectivity index (χ3n) is 3.86. The molecular formula is C19H22ClIN6. The summed E-state index contributed by atoms with van der Waals surface area (Å²) in [7, 11) is 1.76. The minimum Gasteiger partial charge on any atom is -0.356 e. The van der Waals surface area contributed by atoms with E-state index in [0.717, 1.165) is 35.3 Å². The lowest BCUT2D eigenvalue weighted by Gasteiger charge is -2.12. The van der Waals surface area contributed by atoms with Crippen molar-refractivity contribution >= 4 is 41.5 Å². The van der Waals surface area contributed by atoms with Crippen molar-refractivity contribution < 1.29 is 0 Å². The van der Waals surface area contributed by atoms with E-state index in [4.69, 9.17) is 11.6 Å². The first kappa shape index (κ1) is 21.2. The Morgan fingerprint density at radius 2 is 2.04 bits per heavy atom. The van der Waals surface area contributed by atoms with Crippen molar-refractivity contribution in [3.05, 3.63) is 77.5 Å². The van der Waals surface area contributed by atoms with Gasteiger partial charge >= 0.3 is 0 Å². The topological polar surface area (TPSA) is 67.1 Å².